The lowest BCUT2D eigenvalue weighted by Crippen LogP contribution is -2.37. The first-order valence-electron chi connectivity index (χ1n) is 22.8. The maximum absolute atomic E-state index is 6.57. The highest BCUT2D eigenvalue weighted by Gasteiger charge is 2.30. The lowest BCUT2D eigenvalue weighted by Gasteiger charge is -2.28. The molecule has 0 amide bonds. The van der Waals surface area contributed by atoms with Gasteiger partial charge in [-0.1, -0.05) is 126 Å². The molecule has 13 aromatic rings. The molecule has 10 aromatic carbocycles. The van der Waals surface area contributed by atoms with Crippen LogP contribution in [-0.4, -0.2) is 11.8 Å². The molecule has 1 aliphatic heterocycles. The zero-order valence-electron chi connectivity index (χ0n) is 36.5. The summed E-state index contributed by atoms with van der Waals surface area (Å²) in [5.74, 6) is 0. The average molecular weight is 857 g/mol. The van der Waals surface area contributed by atoms with Crippen molar-refractivity contribution in [1.82, 2.24) is 4.57 Å². The summed E-state index contributed by atoms with van der Waals surface area (Å²) >= 11 is 0. The Balaban J connectivity index is 1.08. The monoisotopic (exact) mass is 856 g/mol. The predicted molar refractivity (Wildman–Crippen MR) is 280 cm³/mol. The molecule has 0 saturated heterocycles. The SMILES string of the molecule is Cc1ccc(Nc2cc(N(c3ccccc3)c3ccccc3)ccc2-c2cc(-c3ccc4c(c3)oc3ccccc34)c3c4ccccc4n4c3c2[B]c2cc3oc5ccccc5c3cc2-4)cc1. The van der Waals surface area contributed by atoms with E-state index in [0.29, 0.717) is 0 Å². The minimum atomic E-state index is 0.868. The molecule has 4 heterocycles. The lowest BCUT2D eigenvalue weighted by molar-refractivity contribution is 0.669. The maximum Gasteiger partial charge on any atom is 0.198 e. The van der Waals surface area contributed by atoms with Crippen molar-refractivity contribution in [2.75, 3.05) is 10.2 Å². The first kappa shape index (κ1) is 37.6. The van der Waals surface area contributed by atoms with Gasteiger partial charge in [0, 0.05) is 77.5 Å². The van der Waals surface area contributed by atoms with Crippen molar-refractivity contribution in [3.63, 3.8) is 0 Å². The van der Waals surface area contributed by atoms with Gasteiger partial charge in [-0.15, -0.1) is 0 Å². The second kappa shape index (κ2) is 14.6. The van der Waals surface area contributed by atoms with Crippen molar-refractivity contribution in [2.45, 2.75) is 6.92 Å². The Kier molecular flexibility index (Phi) is 8.22. The molecule has 0 saturated carbocycles. The highest BCUT2D eigenvalue weighted by molar-refractivity contribution is 6.74. The van der Waals surface area contributed by atoms with Gasteiger partial charge in [0.2, 0.25) is 0 Å². The quantitative estimate of drug-likeness (QED) is 0.162. The van der Waals surface area contributed by atoms with Crippen molar-refractivity contribution in [3.05, 3.63) is 218 Å². The summed E-state index contributed by atoms with van der Waals surface area (Å²) in [6.07, 6.45) is 0. The van der Waals surface area contributed by atoms with Crippen molar-refractivity contribution >= 4 is 112 Å². The van der Waals surface area contributed by atoms with E-state index in [9.17, 15) is 0 Å². The van der Waals surface area contributed by atoms with Gasteiger partial charge in [0.05, 0.1) is 5.52 Å². The number of rotatable bonds is 7. The number of aromatic nitrogens is 1. The fourth-order valence-corrected chi connectivity index (χ4v) is 10.6. The second-order valence-electron chi connectivity index (χ2n) is 17.6. The molecule has 0 atom stereocenters. The Morgan fingerprint density at radius 3 is 1.82 bits per heavy atom. The molecule has 6 heteroatoms. The Labute approximate surface area is 387 Å². The normalized spacial score (nSPS) is 12.1. The summed E-state index contributed by atoms with van der Waals surface area (Å²) in [6.45, 7) is 2.13. The number of anilines is 5. The number of fused-ring (bicyclic) bond motifs is 11. The third-order valence-corrected chi connectivity index (χ3v) is 13.6. The molecule has 0 unspecified atom stereocenters. The van der Waals surface area contributed by atoms with Crippen molar-refractivity contribution in [3.8, 4) is 27.9 Å². The number of hydrogen-bond donors (Lipinski definition) is 1. The van der Waals surface area contributed by atoms with Crippen LogP contribution in [0.5, 0.6) is 0 Å². The summed E-state index contributed by atoms with van der Waals surface area (Å²) in [6, 6.07) is 75.9. The van der Waals surface area contributed by atoms with Crippen LogP contribution in [0.4, 0.5) is 28.4 Å². The van der Waals surface area contributed by atoms with Crippen LogP contribution in [-0.2, 0) is 0 Å². The van der Waals surface area contributed by atoms with Gasteiger partial charge < -0.3 is 23.6 Å². The number of nitrogens with zero attached hydrogens (tertiary/aromatic N) is 2. The molecule has 0 bridgehead atoms. The minimum Gasteiger partial charge on any atom is -0.456 e. The summed E-state index contributed by atoms with van der Waals surface area (Å²) in [5, 5.41) is 10.8. The number of benzene rings is 10. The lowest BCUT2D eigenvalue weighted by atomic mass is 9.58. The molecule has 1 aliphatic rings. The molecule has 1 N–H and O–H groups in total. The van der Waals surface area contributed by atoms with Gasteiger partial charge >= 0.3 is 0 Å². The van der Waals surface area contributed by atoms with Crippen LogP contribution >= 0.6 is 0 Å². The summed E-state index contributed by atoms with van der Waals surface area (Å²) in [7, 11) is 2.38. The second-order valence-corrected chi connectivity index (χ2v) is 17.6. The van der Waals surface area contributed by atoms with Gasteiger partial charge in [-0.25, -0.2) is 0 Å². The van der Waals surface area contributed by atoms with Gasteiger partial charge in [0.25, 0.3) is 0 Å². The van der Waals surface area contributed by atoms with Crippen molar-refractivity contribution in [1.29, 1.82) is 0 Å². The molecular formula is C61H39BN3O2. The van der Waals surface area contributed by atoms with Crippen LogP contribution in [0.15, 0.2) is 221 Å². The van der Waals surface area contributed by atoms with E-state index in [1.54, 1.807) is 0 Å². The maximum atomic E-state index is 6.57. The van der Waals surface area contributed by atoms with E-state index in [-0.39, 0.29) is 0 Å². The van der Waals surface area contributed by atoms with E-state index in [0.717, 1.165) is 117 Å². The molecule has 0 spiro atoms. The third kappa shape index (κ3) is 5.89. The summed E-state index contributed by atoms with van der Waals surface area (Å²) in [4.78, 5) is 2.32. The minimum absolute atomic E-state index is 0.868. The van der Waals surface area contributed by atoms with Crippen LogP contribution in [0.2, 0.25) is 0 Å². The van der Waals surface area contributed by atoms with E-state index in [1.165, 1.54) is 21.9 Å². The van der Waals surface area contributed by atoms with Gasteiger partial charge in [0.1, 0.15) is 22.3 Å². The zero-order valence-corrected chi connectivity index (χ0v) is 36.5. The number of furan rings is 2. The Morgan fingerprint density at radius 1 is 0.463 bits per heavy atom. The fraction of sp³-hybridized carbons (Fsp3) is 0.0164. The van der Waals surface area contributed by atoms with E-state index in [1.807, 2.05) is 12.1 Å². The van der Waals surface area contributed by atoms with Gasteiger partial charge in [0.15, 0.2) is 7.28 Å². The van der Waals surface area contributed by atoms with E-state index < -0.39 is 0 Å². The summed E-state index contributed by atoms with van der Waals surface area (Å²) in [5.41, 5.74) is 20.0. The van der Waals surface area contributed by atoms with E-state index in [4.69, 9.17) is 8.83 Å². The van der Waals surface area contributed by atoms with Crippen LogP contribution < -0.4 is 21.1 Å². The number of nitrogens with one attached hydrogen (secondary N) is 1. The number of aryl methyl sites for hydroxylation is 1. The molecule has 14 rings (SSSR count). The first-order valence-corrected chi connectivity index (χ1v) is 22.8. The highest BCUT2D eigenvalue weighted by Crippen LogP contribution is 2.46. The molecule has 67 heavy (non-hydrogen) atoms. The molecule has 313 valence electrons. The molecule has 1 radical (unpaired) electrons. The zero-order chi connectivity index (χ0) is 44.2. The topological polar surface area (TPSA) is 46.5 Å². The average Bonchev–Trinajstić information content (AvgIpc) is 4.05. The van der Waals surface area contributed by atoms with Crippen LogP contribution in [0.25, 0.3) is 93.6 Å². The molecular weight excluding hydrogens is 818 g/mol. The molecule has 3 aromatic heterocycles. The summed E-state index contributed by atoms with van der Waals surface area (Å²) < 4.78 is 15.6. The molecule has 0 fully saturated rings. The smallest absolute Gasteiger partial charge is 0.198 e. The third-order valence-electron chi connectivity index (χ3n) is 13.6. The van der Waals surface area contributed by atoms with E-state index in [2.05, 4.69) is 229 Å². The largest absolute Gasteiger partial charge is 0.456 e. The number of para-hydroxylation sites is 5. The van der Waals surface area contributed by atoms with Crippen LogP contribution in [0.1, 0.15) is 5.56 Å². The van der Waals surface area contributed by atoms with Gasteiger partial charge in [-0.2, -0.15) is 0 Å². The standard InChI is InChI=1S/C61H39BN3O2/c1-37-24-27-39(28-25-37)63-52-33-42(64(40-14-4-2-5-15-40)41-16-6-3-7-17-41)29-31-43(52)50-34-48(38-26-30-46-44-18-9-12-22-55(44)66-57(46)32-38)59-47-20-8-11-21-53(47)65-54-35-49-45-19-10-13-23-56(45)67-58(49)36-51(54)62-60(50)61(59)65/h2-36,63H,1H3. The Morgan fingerprint density at radius 2 is 1.09 bits per heavy atom. The van der Waals surface area contributed by atoms with Crippen molar-refractivity contribution < 1.29 is 8.83 Å². The van der Waals surface area contributed by atoms with Crippen molar-refractivity contribution in [2.24, 2.45) is 0 Å². The fourth-order valence-electron chi connectivity index (χ4n) is 10.6. The van der Waals surface area contributed by atoms with Crippen LogP contribution in [0.3, 0.4) is 0 Å². The van der Waals surface area contributed by atoms with Gasteiger partial charge in [-0.05, 0) is 126 Å². The molecule has 0 aliphatic carbocycles. The Bertz CT molecular complexity index is 4070. The number of hydrogen-bond acceptors (Lipinski definition) is 4. The first-order chi connectivity index (χ1) is 33.1. The van der Waals surface area contributed by atoms with Gasteiger partial charge in [-0.3, -0.25) is 0 Å². The predicted octanol–water partition coefficient (Wildman–Crippen LogP) is 15.4. The highest BCUT2D eigenvalue weighted by atomic mass is 16.3. The van der Waals surface area contributed by atoms with Crippen LogP contribution in [0, 0.1) is 6.92 Å². The van der Waals surface area contributed by atoms with E-state index >= 15 is 0 Å². The Hall–Kier alpha value is -8.74. The molecule has 5 nitrogen and oxygen atoms in total.